The standard InChI is InChI=1S/C19H20ClN3/c20-15-8-6-7-14(13-15)18-19(21-16-9-2-1-3-10-16)23-12-5-4-11-17(23)22-18/h4-8,11-13,16,21H,1-3,9-10H2. The van der Waals surface area contributed by atoms with Crippen LogP contribution in [0.1, 0.15) is 32.1 Å². The van der Waals surface area contributed by atoms with Crippen LogP contribution in [0, 0.1) is 0 Å². The molecule has 4 rings (SSSR count). The molecule has 1 aliphatic carbocycles. The topological polar surface area (TPSA) is 29.3 Å². The minimum Gasteiger partial charge on any atom is -0.367 e. The number of imidazole rings is 1. The molecule has 1 fully saturated rings. The molecule has 0 unspecified atom stereocenters. The van der Waals surface area contributed by atoms with Crippen molar-refractivity contribution >= 4 is 23.1 Å². The van der Waals surface area contributed by atoms with E-state index in [-0.39, 0.29) is 0 Å². The highest BCUT2D eigenvalue weighted by molar-refractivity contribution is 6.30. The van der Waals surface area contributed by atoms with Crippen LogP contribution in [-0.4, -0.2) is 15.4 Å². The second kappa shape index (κ2) is 6.25. The predicted octanol–water partition coefficient (Wildman–Crippen LogP) is 5.40. The van der Waals surface area contributed by atoms with Crippen molar-refractivity contribution in [3.8, 4) is 11.3 Å². The monoisotopic (exact) mass is 325 g/mol. The average Bonchev–Trinajstić information content (AvgIpc) is 2.95. The summed E-state index contributed by atoms with van der Waals surface area (Å²) in [6, 6.07) is 14.6. The normalized spacial score (nSPS) is 15.9. The van der Waals surface area contributed by atoms with Gasteiger partial charge in [0.15, 0.2) is 0 Å². The zero-order chi connectivity index (χ0) is 15.6. The van der Waals surface area contributed by atoms with E-state index < -0.39 is 0 Å². The first kappa shape index (κ1) is 14.6. The second-order valence-corrected chi connectivity index (χ2v) is 6.66. The summed E-state index contributed by atoms with van der Waals surface area (Å²) in [6.45, 7) is 0. The van der Waals surface area contributed by atoms with Gasteiger partial charge in [-0.1, -0.05) is 49.1 Å². The van der Waals surface area contributed by atoms with Crippen LogP contribution >= 0.6 is 11.6 Å². The maximum atomic E-state index is 6.18. The molecule has 1 saturated carbocycles. The van der Waals surface area contributed by atoms with Gasteiger partial charge in [0.2, 0.25) is 0 Å². The van der Waals surface area contributed by atoms with Crippen molar-refractivity contribution in [1.82, 2.24) is 9.38 Å². The molecular formula is C19H20ClN3. The van der Waals surface area contributed by atoms with E-state index >= 15 is 0 Å². The fraction of sp³-hybridized carbons (Fsp3) is 0.316. The van der Waals surface area contributed by atoms with Gasteiger partial charge in [0.25, 0.3) is 0 Å². The first-order valence-electron chi connectivity index (χ1n) is 8.31. The average molecular weight is 326 g/mol. The van der Waals surface area contributed by atoms with Gasteiger partial charge in [-0.15, -0.1) is 0 Å². The minimum atomic E-state index is 0.529. The Hall–Kier alpha value is -2.00. The molecule has 118 valence electrons. The van der Waals surface area contributed by atoms with Crippen LogP contribution in [0.5, 0.6) is 0 Å². The first-order valence-corrected chi connectivity index (χ1v) is 8.68. The third kappa shape index (κ3) is 2.93. The third-order valence-electron chi connectivity index (χ3n) is 4.57. The van der Waals surface area contributed by atoms with Gasteiger partial charge >= 0.3 is 0 Å². The van der Waals surface area contributed by atoms with Crippen molar-refractivity contribution in [2.24, 2.45) is 0 Å². The Morgan fingerprint density at radius 1 is 1.04 bits per heavy atom. The van der Waals surface area contributed by atoms with Crippen LogP contribution in [0.25, 0.3) is 16.9 Å². The van der Waals surface area contributed by atoms with Crippen LogP contribution in [0.3, 0.4) is 0 Å². The van der Waals surface area contributed by atoms with Crippen LogP contribution in [0.2, 0.25) is 5.02 Å². The van der Waals surface area contributed by atoms with E-state index in [0.29, 0.717) is 6.04 Å². The molecule has 0 spiro atoms. The molecule has 0 bridgehead atoms. The summed E-state index contributed by atoms with van der Waals surface area (Å²) in [5.41, 5.74) is 2.99. The van der Waals surface area contributed by atoms with E-state index in [1.54, 1.807) is 0 Å². The van der Waals surface area contributed by atoms with Crippen molar-refractivity contribution in [3.05, 3.63) is 53.7 Å². The van der Waals surface area contributed by atoms with Crippen LogP contribution in [0.4, 0.5) is 5.82 Å². The van der Waals surface area contributed by atoms with E-state index in [1.807, 2.05) is 36.4 Å². The van der Waals surface area contributed by atoms with Gasteiger partial charge in [-0.3, -0.25) is 4.40 Å². The number of rotatable bonds is 3. The lowest BCUT2D eigenvalue weighted by atomic mass is 9.95. The van der Waals surface area contributed by atoms with E-state index in [1.165, 1.54) is 32.1 Å². The number of halogens is 1. The molecule has 23 heavy (non-hydrogen) atoms. The molecule has 0 atom stereocenters. The molecule has 3 aromatic rings. The maximum absolute atomic E-state index is 6.18. The molecule has 4 heteroatoms. The molecule has 0 amide bonds. The van der Waals surface area contributed by atoms with E-state index in [4.69, 9.17) is 16.6 Å². The first-order chi connectivity index (χ1) is 11.3. The summed E-state index contributed by atoms with van der Waals surface area (Å²) in [4.78, 5) is 4.83. The molecule has 0 aliphatic heterocycles. The smallest absolute Gasteiger partial charge is 0.139 e. The number of hydrogen-bond donors (Lipinski definition) is 1. The Labute approximate surface area is 141 Å². The van der Waals surface area contributed by atoms with Crippen molar-refractivity contribution in [2.45, 2.75) is 38.1 Å². The molecule has 2 aromatic heterocycles. The third-order valence-corrected chi connectivity index (χ3v) is 4.81. The van der Waals surface area contributed by atoms with Crippen LogP contribution in [0.15, 0.2) is 48.7 Å². The fourth-order valence-corrected chi connectivity index (χ4v) is 3.60. The molecule has 1 N–H and O–H groups in total. The lowest BCUT2D eigenvalue weighted by Crippen LogP contribution is -2.23. The van der Waals surface area contributed by atoms with Crippen LogP contribution in [-0.2, 0) is 0 Å². The molecule has 1 aliphatic rings. The number of aromatic nitrogens is 2. The second-order valence-electron chi connectivity index (χ2n) is 6.23. The Morgan fingerprint density at radius 2 is 1.91 bits per heavy atom. The zero-order valence-corrected chi connectivity index (χ0v) is 13.8. The van der Waals surface area contributed by atoms with E-state index in [9.17, 15) is 0 Å². The quantitative estimate of drug-likeness (QED) is 0.698. The Morgan fingerprint density at radius 3 is 2.74 bits per heavy atom. The van der Waals surface area contributed by atoms with E-state index in [2.05, 4.69) is 22.0 Å². The number of benzene rings is 1. The lowest BCUT2D eigenvalue weighted by Gasteiger charge is -2.24. The molecular weight excluding hydrogens is 306 g/mol. The lowest BCUT2D eigenvalue weighted by molar-refractivity contribution is 0.462. The van der Waals surface area contributed by atoms with Gasteiger partial charge in [0.05, 0.1) is 0 Å². The highest BCUT2D eigenvalue weighted by atomic mass is 35.5. The van der Waals surface area contributed by atoms with E-state index in [0.717, 1.165) is 27.7 Å². The number of nitrogens with zero attached hydrogens (tertiary/aromatic N) is 2. The number of nitrogens with one attached hydrogen (secondary N) is 1. The highest BCUT2D eigenvalue weighted by Gasteiger charge is 2.19. The highest BCUT2D eigenvalue weighted by Crippen LogP contribution is 2.32. The van der Waals surface area contributed by atoms with Crippen molar-refractivity contribution in [3.63, 3.8) is 0 Å². The minimum absolute atomic E-state index is 0.529. The maximum Gasteiger partial charge on any atom is 0.139 e. The summed E-state index contributed by atoms with van der Waals surface area (Å²) in [6.07, 6.45) is 8.50. The molecule has 2 heterocycles. The summed E-state index contributed by atoms with van der Waals surface area (Å²) in [5.74, 6) is 1.08. The Bertz CT molecular complexity index is 818. The summed E-state index contributed by atoms with van der Waals surface area (Å²) in [7, 11) is 0. The zero-order valence-electron chi connectivity index (χ0n) is 13.0. The largest absolute Gasteiger partial charge is 0.367 e. The molecule has 0 saturated heterocycles. The molecule has 0 radical (unpaired) electrons. The summed E-state index contributed by atoms with van der Waals surface area (Å²) in [5, 5.41) is 4.49. The predicted molar refractivity (Wildman–Crippen MR) is 96.1 cm³/mol. The Kier molecular flexibility index (Phi) is 3.96. The molecule has 1 aromatic carbocycles. The van der Waals surface area contributed by atoms with Gasteiger partial charge in [-0.25, -0.2) is 4.98 Å². The van der Waals surface area contributed by atoms with Gasteiger partial charge in [0.1, 0.15) is 17.2 Å². The van der Waals surface area contributed by atoms with Gasteiger partial charge in [-0.05, 0) is 37.1 Å². The number of hydrogen-bond acceptors (Lipinski definition) is 2. The molecule has 3 nitrogen and oxygen atoms in total. The van der Waals surface area contributed by atoms with Crippen molar-refractivity contribution in [1.29, 1.82) is 0 Å². The van der Waals surface area contributed by atoms with Crippen LogP contribution < -0.4 is 5.32 Å². The number of fused-ring (bicyclic) bond motifs is 1. The number of pyridine rings is 1. The summed E-state index contributed by atoms with van der Waals surface area (Å²) < 4.78 is 2.14. The van der Waals surface area contributed by atoms with Gasteiger partial charge < -0.3 is 5.32 Å². The SMILES string of the molecule is Clc1cccc(-c2nc3ccccn3c2NC2CCCCC2)c1. The fourth-order valence-electron chi connectivity index (χ4n) is 3.41. The summed E-state index contributed by atoms with van der Waals surface area (Å²) >= 11 is 6.18. The van der Waals surface area contributed by atoms with Crippen molar-refractivity contribution < 1.29 is 0 Å². The van der Waals surface area contributed by atoms with Crippen molar-refractivity contribution in [2.75, 3.05) is 5.32 Å². The van der Waals surface area contributed by atoms with Gasteiger partial charge in [0, 0.05) is 22.8 Å². The van der Waals surface area contributed by atoms with Gasteiger partial charge in [-0.2, -0.15) is 0 Å². The number of anilines is 1. The Balaban J connectivity index is 1.80.